The fourth-order valence-corrected chi connectivity index (χ4v) is 4.00. The molecule has 0 bridgehead atoms. The Morgan fingerprint density at radius 2 is 1.66 bits per heavy atom. The Morgan fingerprint density at radius 3 is 2.31 bits per heavy atom. The molecule has 0 aromatic heterocycles. The summed E-state index contributed by atoms with van der Waals surface area (Å²) in [6.07, 6.45) is 3.68. The molecule has 0 unspecified atom stereocenters. The Kier molecular flexibility index (Phi) is 5.81. The van der Waals surface area contributed by atoms with Crippen molar-refractivity contribution in [2.75, 3.05) is 42.2 Å². The van der Waals surface area contributed by atoms with Crippen LogP contribution in [0.25, 0.3) is 0 Å². The van der Waals surface area contributed by atoms with Crippen LogP contribution in [0.1, 0.15) is 36.0 Å². The van der Waals surface area contributed by atoms with Crippen LogP contribution in [0.5, 0.6) is 0 Å². The lowest BCUT2D eigenvalue weighted by atomic mass is 10.0. The second-order valence-corrected chi connectivity index (χ2v) is 7.92. The first-order chi connectivity index (χ1) is 14.1. The minimum Gasteiger partial charge on any atom is -0.381 e. The van der Waals surface area contributed by atoms with Gasteiger partial charge >= 0.3 is 0 Å². The van der Waals surface area contributed by atoms with Gasteiger partial charge in [0, 0.05) is 30.3 Å². The van der Waals surface area contributed by atoms with Crippen molar-refractivity contribution < 1.29 is 9.59 Å². The number of likely N-dealkylation sites (tertiary alicyclic amines) is 1. The molecule has 6 nitrogen and oxygen atoms in total. The first-order valence-electron chi connectivity index (χ1n) is 10.4. The van der Waals surface area contributed by atoms with Gasteiger partial charge in [0.2, 0.25) is 5.91 Å². The maximum atomic E-state index is 12.8. The van der Waals surface area contributed by atoms with Crippen LogP contribution in [0.2, 0.25) is 0 Å². The van der Waals surface area contributed by atoms with E-state index in [-0.39, 0.29) is 11.8 Å². The van der Waals surface area contributed by atoms with Crippen molar-refractivity contribution in [3.63, 3.8) is 0 Å². The number of hydrogen-bond donors (Lipinski definition) is 2. The summed E-state index contributed by atoms with van der Waals surface area (Å²) in [4.78, 5) is 28.8. The van der Waals surface area contributed by atoms with Gasteiger partial charge < -0.3 is 20.4 Å². The van der Waals surface area contributed by atoms with Crippen LogP contribution in [0.4, 0.5) is 17.1 Å². The van der Waals surface area contributed by atoms with Gasteiger partial charge in [0.05, 0.1) is 11.4 Å². The van der Waals surface area contributed by atoms with E-state index in [1.165, 1.54) is 0 Å². The van der Waals surface area contributed by atoms with E-state index in [4.69, 9.17) is 0 Å². The molecule has 152 valence electrons. The van der Waals surface area contributed by atoms with Crippen LogP contribution in [0, 0.1) is 0 Å². The molecule has 2 aromatic rings. The molecule has 2 aliphatic rings. The van der Waals surface area contributed by atoms with Crippen molar-refractivity contribution in [1.29, 1.82) is 0 Å². The molecule has 0 spiro atoms. The highest BCUT2D eigenvalue weighted by atomic mass is 16.2. The van der Waals surface area contributed by atoms with E-state index in [0.29, 0.717) is 18.0 Å². The predicted octanol–water partition coefficient (Wildman–Crippen LogP) is 3.57. The number of nitrogens with one attached hydrogen (secondary N) is 2. The highest BCUT2D eigenvalue weighted by molar-refractivity contribution is 6.06. The van der Waals surface area contributed by atoms with Crippen molar-refractivity contribution in [1.82, 2.24) is 4.90 Å². The topological polar surface area (TPSA) is 64.7 Å². The first-order valence-corrected chi connectivity index (χ1v) is 10.4. The van der Waals surface area contributed by atoms with Gasteiger partial charge in [-0.15, -0.1) is 0 Å². The van der Waals surface area contributed by atoms with E-state index >= 15 is 0 Å². The van der Waals surface area contributed by atoms with Gasteiger partial charge in [-0.25, -0.2) is 0 Å². The zero-order valence-electron chi connectivity index (χ0n) is 16.9. The number of piperidine rings is 1. The molecule has 2 saturated heterocycles. The maximum absolute atomic E-state index is 12.8. The standard InChI is InChI=1S/C23H28N4O2/c1-26-15-12-18(13-16-26)24-20-5-2-3-6-21(20)25-23(29)17-8-10-19(11-9-17)27-14-4-7-22(27)28/h2-3,5-6,8-11,18,24H,4,7,12-16H2,1H3,(H,25,29). The van der Waals surface area contributed by atoms with Crippen LogP contribution in [-0.4, -0.2) is 49.4 Å². The number of benzene rings is 2. The summed E-state index contributed by atoms with van der Waals surface area (Å²) >= 11 is 0. The second-order valence-electron chi connectivity index (χ2n) is 7.92. The summed E-state index contributed by atoms with van der Waals surface area (Å²) < 4.78 is 0. The van der Waals surface area contributed by atoms with Crippen molar-refractivity contribution in [2.24, 2.45) is 0 Å². The highest BCUT2D eigenvalue weighted by Crippen LogP contribution is 2.26. The summed E-state index contributed by atoms with van der Waals surface area (Å²) in [6, 6.07) is 15.5. The molecule has 0 saturated carbocycles. The van der Waals surface area contributed by atoms with Crippen molar-refractivity contribution in [3.8, 4) is 0 Å². The van der Waals surface area contributed by atoms with Crippen LogP contribution in [-0.2, 0) is 4.79 Å². The average molecular weight is 393 g/mol. The minimum atomic E-state index is -0.151. The molecule has 2 amide bonds. The van der Waals surface area contributed by atoms with E-state index in [2.05, 4.69) is 22.6 Å². The third-order valence-electron chi connectivity index (χ3n) is 5.77. The molecule has 2 heterocycles. The zero-order chi connectivity index (χ0) is 20.2. The lowest BCUT2D eigenvalue weighted by Gasteiger charge is -2.30. The fourth-order valence-electron chi connectivity index (χ4n) is 4.00. The van der Waals surface area contributed by atoms with Gasteiger partial charge in [0.25, 0.3) is 5.91 Å². The molecule has 2 N–H and O–H groups in total. The molecule has 2 aliphatic heterocycles. The Hall–Kier alpha value is -2.86. The van der Waals surface area contributed by atoms with Gasteiger partial charge in [-0.05, 0) is 75.8 Å². The Balaban J connectivity index is 1.42. The monoisotopic (exact) mass is 392 g/mol. The molecular formula is C23H28N4O2. The number of anilines is 3. The summed E-state index contributed by atoms with van der Waals surface area (Å²) in [5.74, 6) is -0.00182. The number of para-hydroxylation sites is 2. The maximum Gasteiger partial charge on any atom is 0.255 e. The van der Waals surface area contributed by atoms with E-state index in [1.807, 2.05) is 36.4 Å². The van der Waals surface area contributed by atoms with E-state index < -0.39 is 0 Å². The summed E-state index contributed by atoms with van der Waals surface area (Å²) in [6.45, 7) is 2.91. The van der Waals surface area contributed by atoms with E-state index in [1.54, 1.807) is 17.0 Å². The quantitative estimate of drug-likeness (QED) is 0.816. The lowest BCUT2D eigenvalue weighted by molar-refractivity contribution is -0.117. The van der Waals surface area contributed by atoms with Crippen LogP contribution < -0.4 is 15.5 Å². The normalized spacial score (nSPS) is 18.1. The van der Waals surface area contributed by atoms with E-state index in [0.717, 1.165) is 56.0 Å². The highest BCUT2D eigenvalue weighted by Gasteiger charge is 2.22. The van der Waals surface area contributed by atoms with Gasteiger partial charge in [-0.2, -0.15) is 0 Å². The smallest absolute Gasteiger partial charge is 0.255 e. The Labute approximate surface area is 171 Å². The zero-order valence-corrected chi connectivity index (χ0v) is 16.9. The third kappa shape index (κ3) is 4.59. The van der Waals surface area contributed by atoms with Crippen molar-refractivity contribution >= 4 is 28.9 Å². The second kappa shape index (κ2) is 8.66. The summed E-state index contributed by atoms with van der Waals surface area (Å²) in [5.41, 5.74) is 3.17. The molecule has 2 fully saturated rings. The number of carbonyl (C=O) groups is 2. The molecule has 6 heteroatoms. The number of amides is 2. The van der Waals surface area contributed by atoms with Gasteiger partial charge in [0.15, 0.2) is 0 Å². The van der Waals surface area contributed by atoms with E-state index in [9.17, 15) is 9.59 Å². The fraction of sp³-hybridized carbons (Fsp3) is 0.391. The number of hydrogen-bond acceptors (Lipinski definition) is 4. The molecule has 29 heavy (non-hydrogen) atoms. The summed E-state index contributed by atoms with van der Waals surface area (Å²) in [5, 5.41) is 6.62. The van der Waals surface area contributed by atoms with Gasteiger partial charge in [-0.3, -0.25) is 9.59 Å². The molecule has 2 aromatic carbocycles. The van der Waals surface area contributed by atoms with Gasteiger partial charge in [-0.1, -0.05) is 12.1 Å². The molecule has 0 aliphatic carbocycles. The molecular weight excluding hydrogens is 364 g/mol. The first kappa shape index (κ1) is 19.5. The molecule has 0 radical (unpaired) electrons. The third-order valence-corrected chi connectivity index (χ3v) is 5.77. The lowest BCUT2D eigenvalue weighted by Crippen LogP contribution is -2.36. The minimum absolute atomic E-state index is 0.149. The predicted molar refractivity (Wildman–Crippen MR) is 117 cm³/mol. The van der Waals surface area contributed by atoms with Crippen LogP contribution in [0.3, 0.4) is 0 Å². The number of nitrogens with zero attached hydrogens (tertiary/aromatic N) is 2. The van der Waals surface area contributed by atoms with Crippen molar-refractivity contribution in [2.45, 2.75) is 31.7 Å². The molecule has 4 rings (SSSR count). The van der Waals surface area contributed by atoms with Gasteiger partial charge in [0.1, 0.15) is 0 Å². The van der Waals surface area contributed by atoms with Crippen molar-refractivity contribution in [3.05, 3.63) is 54.1 Å². The Bertz CT molecular complexity index is 873. The van der Waals surface area contributed by atoms with Crippen LogP contribution in [0.15, 0.2) is 48.5 Å². The number of carbonyl (C=O) groups excluding carboxylic acids is 2. The molecule has 0 atom stereocenters. The van der Waals surface area contributed by atoms with Crippen LogP contribution >= 0.6 is 0 Å². The Morgan fingerprint density at radius 1 is 0.966 bits per heavy atom. The average Bonchev–Trinajstić information content (AvgIpc) is 3.17. The summed E-state index contributed by atoms with van der Waals surface area (Å²) in [7, 11) is 2.15. The largest absolute Gasteiger partial charge is 0.381 e. The SMILES string of the molecule is CN1CCC(Nc2ccccc2NC(=O)c2ccc(N3CCCC3=O)cc2)CC1. The number of rotatable bonds is 5.